The molecule has 0 aliphatic carbocycles. The number of fused-ring (bicyclic) bond motifs is 1. The first-order valence-electron chi connectivity index (χ1n) is 11.2. The van der Waals surface area contributed by atoms with Crippen LogP contribution in [0.3, 0.4) is 0 Å². The number of ether oxygens (including phenoxy) is 2. The first-order valence-corrected chi connectivity index (χ1v) is 13.7. The standard InChI is InChI=1S/C24H29BrN2O6S/c1-4-23(29)27-11-9-16-13-17(25)14-21(24(16)27)34(30,31)12-10-22(28)26-19-15-18(32-5-2)7-8-20(19)33-6-3/h7-8,13-15H,4-6,9-12H2,1-3H3,(H,26,28). The van der Waals surface area contributed by atoms with Gasteiger partial charge in [0.05, 0.1) is 35.2 Å². The van der Waals surface area contributed by atoms with Crippen molar-refractivity contribution in [2.24, 2.45) is 0 Å². The summed E-state index contributed by atoms with van der Waals surface area (Å²) < 4.78 is 38.2. The van der Waals surface area contributed by atoms with Gasteiger partial charge < -0.3 is 19.7 Å². The Kier molecular flexibility index (Phi) is 8.59. The van der Waals surface area contributed by atoms with E-state index in [-0.39, 0.29) is 23.6 Å². The normalized spacial score (nSPS) is 12.9. The third kappa shape index (κ3) is 5.90. The molecule has 0 aromatic heterocycles. The van der Waals surface area contributed by atoms with E-state index in [4.69, 9.17) is 9.47 Å². The average molecular weight is 553 g/mol. The lowest BCUT2D eigenvalue weighted by Gasteiger charge is -2.20. The van der Waals surface area contributed by atoms with Crippen molar-refractivity contribution in [1.82, 2.24) is 0 Å². The van der Waals surface area contributed by atoms with Gasteiger partial charge in [0.1, 0.15) is 11.5 Å². The van der Waals surface area contributed by atoms with Gasteiger partial charge in [-0.2, -0.15) is 0 Å². The molecule has 0 saturated heterocycles. The lowest BCUT2D eigenvalue weighted by molar-refractivity contribution is -0.118. The van der Waals surface area contributed by atoms with Crippen molar-refractivity contribution in [3.63, 3.8) is 0 Å². The highest BCUT2D eigenvalue weighted by Crippen LogP contribution is 2.38. The summed E-state index contributed by atoms with van der Waals surface area (Å²) in [4.78, 5) is 26.7. The van der Waals surface area contributed by atoms with E-state index in [2.05, 4.69) is 21.2 Å². The number of sulfone groups is 1. The molecule has 1 heterocycles. The minimum atomic E-state index is -3.85. The Hall–Kier alpha value is -2.59. The maximum absolute atomic E-state index is 13.3. The molecule has 8 nitrogen and oxygen atoms in total. The second-order valence-corrected chi connectivity index (χ2v) is 10.7. The molecule has 0 radical (unpaired) electrons. The quantitative estimate of drug-likeness (QED) is 0.470. The minimum Gasteiger partial charge on any atom is -0.494 e. The molecule has 1 aliphatic heterocycles. The summed E-state index contributed by atoms with van der Waals surface area (Å²) in [5.41, 5.74) is 1.64. The van der Waals surface area contributed by atoms with E-state index in [1.165, 1.54) is 11.0 Å². The molecule has 0 saturated carbocycles. The van der Waals surface area contributed by atoms with Gasteiger partial charge in [0.2, 0.25) is 11.8 Å². The van der Waals surface area contributed by atoms with Crippen LogP contribution in [0.4, 0.5) is 11.4 Å². The largest absolute Gasteiger partial charge is 0.494 e. The molecule has 34 heavy (non-hydrogen) atoms. The summed E-state index contributed by atoms with van der Waals surface area (Å²) in [6.07, 6.45) is 0.607. The zero-order valence-electron chi connectivity index (χ0n) is 19.5. The fraction of sp³-hybridized carbons (Fsp3) is 0.417. The van der Waals surface area contributed by atoms with Crippen molar-refractivity contribution in [3.8, 4) is 11.5 Å². The molecule has 0 spiro atoms. The van der Waals surface area contributed by atoms with Crippen LogP contribution in [0.1, 0.15) is 39.2 Å². The van der Waals surface area contributed by atoms with E-state index in [0.717, 1.165) is 5.56 Å². The third-order valence-corrected chi connectivity index (χ3v) is 7.55. The minimum absolute atomic E-state index is 0.0670. The van der Waals surface area contributed by atoms with Gasteiger partial charge in [-0.25, -0.2) is 8.42 Å². The number of hydrogen-bond donors (Lipinski definition) is 1. The summed E-state index contributed by atoms with van der Waals surface area (Å²) >= 11 is 3.38. The van der Waals surface area contributed by atoms with E-state index in [1.54, 1.807) is 25.1 Å². The molecule has 0 atom stereocenters. The predicted octanol–water partition coefficient (Wildman–Crippen LogP) is 4.35. The molecule has 1 aliphatic rings. The maximum Gasteiger partial charge on any atom is 0.226 e. The number of nitrogens with one attached hydrogen (secondary N) is 1. The van der Waals surface area contributed by atoms with Crippen molar-refractivity contribution >= 4 is 49.0 Å². The molecular weight excluding hydrogens is 524 g/mol. The van der Waals surface area contributed by atoms with E-state index in [9.17, 15) is 18.0 Å². The molecule has 0 unspecified atom stereocenters. The number of benzene rings is 2. The second-order valence-electron chi connectivity index (χ2n) is 7.70. The molecule has 2 aromatic carbocycles. The number of amides is 2. The van der Waals surface area contributed by atoms with Gasteiger partial charge in [-0.1, -0.05) is 22.9 Å². The monoisotopic (exact) mass is 552 g/mol. The van der Waals surface area contributed by atoms with Crippen LogP contribution in [0, 0.1) is 0 Å². The Labute approximate surface area is 208 Å². The third-order valence-electron chi connectivity index (χ3n) is 5.37. The molecular formula is C24H29BrN2O6S. The van der Waals surface area contributed by atoms with Crippen molar-refractivity contribution in [2.75, 3.05) is 35.7 Å². The number of hydrogen-bond acceptors (Lipinski definition) is 6. The Morgan fingerprint density at radius 3 is 2.50 bits per heavy atom. The smallest absolute Gasteiger partial charge is 0.226 e. The molecule has 10 heteroatoms. The summed E-state index contributed by atoms with van der Waals surface area (Å²) in [5, 5.41) is 2.74. The van der Waals surface area contributed by atoms with Crippen LogP contribution < -0.4 is 19.7 Å². The van der Waals surface area contributed by atoms with E-state index in [1.807, 2.05) is 19.9 Å². The maximum atomic E-state index is 13.3. The lowest BCUT2D eigenvalue weighted by Crippen LogP contribution is -2.29. The van der Waals surface area contributed by atoms with Gasteiger partial charge in [0.25, 0.3) is 0 Å². The van der Waals surface area contributed by atoms with Crippen LogP contribution in [0.5, 0.6) is 11.5 Å². The van der Waals surface area contributed by atoms with Gasteiger partial charge in [-0.05, 0) is 50.1 Å². The Balaban J connectivity index is 1.80. The van der Waals surface area contributed by atoms with Crippen LogP contribution in [-0.2, 0) is 25.8 Å². The average Bonchev–Trinajstić information content (AvgIpc) is 3.22. The first-order chi connectivity index (χ1) is 16.2. The molecule has 0 fully saturated rings. The highest BCUT2D eigenvalue weighted by Gasteiger charge is 2.32. The number of carbonyl (C=O) groups is 2. The summed E-state index contributed by atoms with van der Waals surface area (Å²) in [7, 11) is -3.85. The number of carbonyl (C=O) groups excluding carboxylic acids is 2. The van der Waals surface area contributed by atoms with Crippen LogP contribution >= 0.6 is 15.9 Å². The first kappa shape index (κ1) is 26.0. The van der Waals surface area contributed by atoms with Gasteiger partial charge >= 0.3 is 0 Å². The fourth-order valence-corrected chi connectivity index (χ4v) is 6.01. The number of anilines is 2. The van der Waals surface area contributed by atoms with Crippen molar-refractivity contribution in [1.29, 1.82) is 0 Å². The topological polar surface area (TPSA) is 102 Å². The van der Waals surface area contributed by atoms with Crippen LogP contribution in [0.15, 0.2) is 39.7 Å². The van der Waals surface area contributed by atoms with Crippen LogP contribution in [0.2, 0.25) is 0 Å². The summed E-state index contributed by atoms with van der Waals surface area (Å²) in [6, 6.07) is 8.43. The molecule has 184 valence electrons. The highest BCUT2D eigenvalue weighted by atomic mass is 79.9. The Morgan fingerprint density at radius 2 is 1.82 bits per heavy atom. The number of rotatable bonds is 10. The van der Waals surface area contributed by atoms with E-state index < -0.39 is 21.5 Å². The highest BCUT2D eigenvalue weighted by molar-refractivity contribution is 9.10. The SMILES string of the molecule is CCOc1ccc(OCC)c(NC(=O)CCS(=O)(=O)c2cc(Br)cc3c2N(C(=O)CC)CC3)c1. The Morgan fingerprint density at radius 1 is 1.09 bits per heavy atom. The number of nitrogens with zero attached hydrogens (tertiary/aromatic N) is 1. The van der Waals surface area contributed by atoms with Crippen LogP contribution in [-0.4, -0.2) is 45.7 Å². The molecule has 0 bridgehead atoms. The van der Waals surface area contributed by atoms with Crippen LogP contribution in [0.25, 0.3) is 0 Å². The van der Waals surface area contributed by atoms with Gasteiger partial charge in [0.15, 0.2) is 9.84 Å². The molecule has 2 aromatic rings. The number of halogens is 1. The fourth-order valence-electron chi connectivity index (χ4n) is 3.84. The Bertz CT molecular complexity index is 1180. The van der Waals surface area contributed by atoms with Gasteiger partial charge in [-0.15, -0.1) is 0 Å². The predicted molar refractivity (Wildman–Crippen MR) is 135 cm³/mol. The summed E-state index contributed by atoms with van der Waals surface area (Å²) in [5.74, 6) is 0.0458. The van der Waals surface area contributed by atoms with E-state index in [0.29, 0.717) is 53.5 Å². The van der Waals surface area contributed by atoms with Crippen molar-refractivity contribution < 1.29 is 27.5 Å². The van der Waals surface area contributed by atoms with Gasteiger partial charge in [-0.3, -0.25) is 9.59 Å². The summed E-state index contributed by atoms with van der Waals surface area (Å²) in [6.45, 7) is 6.75. The van der Waals surface area contributed by atoms with E-state index >= 15 is 0 Å². The second kappa shape index (κ2) is 11.2. The lowest BCUT2D eigenvalue weighted by atomic mass is 10.2. The molecule has 2 amide bonds. The van der Waals surface area contributed by atoms with Gasteiger partial charge in [0, 0.05) is 29.9 Å². The molecule has 3 rings (SSSR count). The zero-order valence-corrected chi connectivity index (χ0v) is 21.9. The van der Waals surface area contributed by atoms with Crippen molar-refractivity contribution in [2.45, 2.75) is 44.9 Å². The van der Waals surface area contributed by atoms with Crippen molar-refractivity contribution in [3.05, 3.63) is 40.4 Å². The zero-order chi connectivity index (χ0) is 24.9. The molecule has 1 N–H and O–H groups in total.